The molecule has 1 aliphatic carbocycles. The van der Waals surface area contributed by atoms with Crippen molar-refractivity contribution in [3.8, 4) is 22.8 Å². The first-order valence-corrected chi connectivity index (χ1v) is 9.06. The fourth-order valence-corrected chi connectivity index (χ4v) is 3.50. The number of nitrogens with one attached hydrogen (secondary N) is 3. The van der Waals surface area contributed by atoms with Gasteiger partial charge in [0, 0.05) is 16.6 Å². The van der Waals surface area contributed by atoms with Crippen molar-refractivity contribution in [2.24, 2.45) is 0 Å². The SMILES string of the molecule is CCOc1cc2c3[nH][nH]c(Nc4cccc(F)c4)c-3c(C)c2cc1OCC. The van der Waals surface area contributed by atoms with Gasteiger partial charge >= 0.3 is 0 Å². The normalized spacial score (nSPS) is 11.3. The Morgan fingerprint density at radius 1 is 0.963 bits per heavy atom. The van der Waals surface area contributed by atoms with Gasteiger partial charge in [0.15, 0.2) is 11.5 Å². The maximum Gasteiger partial charge on any atom is 0.161 e. The van der Waals surface area contributed by atoms with Gasteiger partial charge in [0.2, 0.25) is 0 Å². The Hall–Kier alpha value is -3.15. The average Bonchev–Trinajstić information content (AvgIpc) is 3.16. The molecule has 6 heteroatoms. The van der Waals surface area contributed by atoms with Gasteiger partial charge in [-0.15, -0.1) is 0 Å². The Bertz CT molecular complexity index is 1070. The van der Waals surface area contributed by atoms with Crippen LogP contribution in [0.1, 0.15) is 19.4 Å². The molecule has 0 aromatic heterocycles. The highest BCUT2D eigenvalue weighted by atomic mass is 19.1. The van der Waals surface area contributed by atoms with Crippen LogP contribution in [-0.4, -0.2) is 23.4 Å². The smallest absolute Gasteiger partial charge is 0.161 e. The molecular weight excluding hydrogens is 345 g/mol. The van der Waals surface area contributed by atoms with E-state index in [9.17, 15) is 4.39 Å². The minimum absolute atomic E-state index is 0.279. The van der Waals surface area contributed by atoms with Crippen LogP contribution in [0.3, 0.4) is 0 Å². The summed E-state index contributed by atoms with van der Waals surface area (Å²) < 4.78 is 25.0. The van der Waals surface area contributed by atoms with E-state index in [-0.39, 0.29) is 5.82 Å². The zero-order chi connectivity index (χ0) is 19.0. The third-order valence-corrected chi connectivity index (χ3v) is 4.64. The quantitative estimate of drug-likeness (QED) is 0.416. The number of halogens is 1. The minimum atomic E-state index is -0.279. The Kier molecular flexibility index (Phi) is 4.39. The molecule has 0 spiro atoms. The van der Waals surface area contributed by atoms with Gasteiger partial charge in [0.1, 0.15) is 11.6 Å². The molecule has 2 aliphatic rings. The van der Waals surface area contributed by atoms with E-state index in [4.69, 9.17) is 9.47 Å². The average molecular weight is 367 g/mol. The first-order chi connectivity index (χ1) is 13.1. The number of aromatic nitrogens is 2. The van der Waals surface area contributed by atoms with Crippen LogP contribution < -0.4 is 14.8 Å². The fourth-order valence-electron chi connectivity index (χ4n) is 3.50. The monoisotopic (exact) mass is 367 g/mol. The molecule has 2 aromatic carbocycles. The van der Waals surface area contributed by atoms with Crippen LogP contribution in [0.5, 0.6) is 11.5 Å². The third-order valence-electron chi connectivity index (χ3n) is 4.64. The predicted octanol–water partition coefficient (Wildman–Crippen LogP) is 5.59. The molecule has 140 valence electrons. The standard InChI is InChI=1S/C21H22FN3O2/c1-4-26-17-10-15-12(3)19-20(16(15)11-18(17)27-5-2)24-25-21(19)23-14-8-6-7-13(22)9-14/h6-11,23-25H,4-5H2,1-3H3. The van der Waals surface area contributed by atoms with Crippen molar-refractivity contribution >= 4 is 22.3 Å². The number of hydrogen-bond donors (Lipinski definition) is 3. The Morgan fingerprint density at radius 2 is 1.67 bits per heavy atom. The van der Waals surface area contributed by atoms with Crippen molar-refractivity contribution in [2.75, 3.05) is 18.5 Å². The second-order valence-electron chi connectivity index (χ2n) is 6.35. The van der Waals surface area contributed by atoms with Crippen molar-refractivity contribution in [3.05, 3.63) is 47.8 Å². The van der Waals surface area contributed by atoms with Crippen LogP contribution in [0.2, 0.25) is 0 Å². The first kappa shape index (κ1) is 17.3. The number of anilines is 2. The lowest BCUT2D eigenvalue weighted by atomic mass is 10.1. The predicted molar refractivity (Wildman–Crippen MR) is 106 cm³/mol. The second kappa shape index (κ2) is 6.87. The molecule has 0 radical (unpaired) electrons. The number of H-pyrrole nitrogens is 2. The summed E-state index contributed by atoms with van der Waals surface area (Å²) >= 11 is 0. The van der Waals surface area contributed by atoms with E-state index in [1.54, 1.807) is 6.07 Å². The van der Waals surface area contributed by atoms with E-state index >= 15 is 0 Å². The van der Waals surface area contributed by atoms with Gasteiger partial charge in [-0.1, -0.05) is 6.07 Å². The summed E-state index contributed by atoms with van der Waals surface area (Å²) in [5, 5.41) is 11.8. The van der Waals surface area contributed by atoms with Gasteiger partial charge in [-0.3, -0.25) is 10.2 Å². The summed E-state index contributed by atoms with van der Waals surface area (Å²) in [5.41, 5.74) is 3.80. The highest BCUT2D eigenvalue weighted by Gasteiger charge is 2.23. The van der Waals surface area contributed by atoms with Gasteiger partial charge in [-0.05, 0) is 62.1 Å². The van der Waals surface area contributed by atoms with E-state index in [0.29, 0.717) is 18.9 Å². The van der Waals surface area contributed by atoms with Crippen molar-refractivity contribution in [1.29, 1.82) is 0 Å². The summed E-state index contributed by atoms with van der Waals surface area (Å²) in [7, 11) is 0. The Balaban J connectivity index is 1.83. The number of ether oxygens (including phenoxy) is 2. The van der Waals surface area contributed by atoms with Gasteiger partial charge in [0.25, 0.3) is 0 Å². The van der Waals surface area contributed by atoms with E-state index in [1.807, 2.05) is 32.0 Å². The molecule has 0 fully saturated rings. The van der Waals surface area contributed by atoms with E-state index < -0.39 is 0 Å². The lowest BCUT2D eigenvalue weighted by molar-refractivity contribution is 0.288. The molecule has 0 saturated heterocycles. The molecule has 0 bridgehead atoms. The topological polar surface area (TPSA) is 62.1 Å². The molecule has 4 rings (SSSR count). The van der Waals surface area contributed by atoms with E-state index in [2.05, 4.69) is 22.4 Å². The zero-order valence-electron chi connectivity index (χ0n) is 15.6. The molecule has 5 nitrogen and oxygen atoms in total. The Labute approximate surface area is 156 Å². The second-order valence-corrected chi connectivity index (χ2v) is 6.35. The molecule has 0 saturated carbocycles. The Morgan fingerprint density at radius 3 is 2.33 bits per heavy atom. The summed E-state index contributed by atoms with van der Waals surface area (Å²) in [6, 6.07) is 10.4. The number of hydrogen-bond acceptors (Lipinski definition) is 3. The molecule has 2 aromatic rings. The van der Waals surface area contributed by atoms with Crippen LogP contribution in [0, 0.1) is 12.7 Å². The number of benzene rings is 2. The first-order valence-electron chi connectivity index (χ1n) is 9.06. The number of fused-ring (bicyclic) bond motifs is 3. The van der Waals surface area contributed by atoms with Gasteiger partial charge < -0.3 is 14.8 Å². The summed E-state index contributed by atoms with van der Waals surface area (Å²) in [4.78, 5) is 0. The molecule has 27 heavy (non-hydrogen) atoms. The van der Waals surface area contributed by atoms with Crippen LogP contribution in [0.4, 0.5) is 15.9 Å². The van der Waals surface area contributed by atoms with Crippen molar-refractivity contribution < 1.29 is 13.9 Å². The van der Waals surface area contributed by atoms with Crippen molar-refractivity contribution in [1.82, 2.24) is 10.2 Å². The fraction of sp³-hybridized carbons (Fsp3) is 0.238. The molecule has 0 atom stereocenters. The highest BCUT2D eigenvalue weighted by Crippen LogP contribution is 2.46. The van der Waals surface area contributed by atoms with Crippen LogP contribution in [-0.2, 0) is 0 Å². The molecule has 1 aliphatic heterocycles. The van der Waals surface area contributed by atoms with E-state index in [1.165, 1.54) is 12.1 Å². The molecular formula is C21H22FN3O2. The van der Waals surface area contributed by atoms with Crippen LogP contribution in [0.25, 0.3) is 22.0 Å². The van der Waals surface area contributed by atoms with Gasteiger partial charge in [0.05, 0.1) is 18.9 Å². The lowest BCUT2D eigenvalue weighted by Crippen LogP contribution is -1.98. The number of aryl methyl sites for hydroxylation is 1. The van der Waals surface area contributed by atoms with Crippen LogP contribution >= 0.6 is 0 Å². The molecule has 1 heterocycles. The molecule has 3 N–H and O–H groups in total. The summed E-state index contributed by atoms with van der Waals surface area (Å²) in [6.07, 6.45) is 0. The zero-order valence-corrected chi connectivity index (χ0v) is 15.6. The number of aromatic amines is 2. The van der Waals surface area contributed by atoms with Crippen molar-refractivity contribution in [2.45, 2.75) is 20.8 Å². The summed E-state index contributed by atoms with van der Waals surface area (Å²) in [5.74, 6) is 1.98. The largest absolute Gasteiger partial charge is 0.490 e. The maximum atomic E-state index is 13.5. The van der Waals surface area contributed by atoms with Crippen molar-refractivity contribution in [3.63, 3.8) is 0 Å². The maximum absolute atomic E-state index is 13.5. The van der Waals surface area contributed by atoms with E-state index in [0.717, 1.165) is 44.9 Å². The highest BCUT2D eigenvalue weighted by molar-refractivity contribution is 6.08. The minimum Gasteiger partial charge on any atom is -0.490 e. The third kappa shape index (κ3) is 2.97. The van der Waals surface area contributed by atoms with Gasteiger partial charge in [-0.2, -0.15) is 0 Å². The number of rotatable bonds is 6. The molecule has 0 amide bonds. The molecule has 0 unspecified atom stereocenters. The van der Waals surface area contributed by atoms with Gasteiger partial charge in [-0.25, -0.2) is 4.39 Å². The summed E-state index contributed by atoms with van der Waals surface area (Å²) in [6.45, 7) is 7.12. The van der Waals surface area contributed by atoms with Crippen LogP contribution in [0.15, 0.2) is 36.4 Å². The lowest BCUT2D eigenvalue weighted by Gasteiger charge is -2.11.